The summed E-state index contributed by atoms with van der Waals surface area (Å²) in [7, 11) is 0. The van der Waals surface area contributed by atoms with Crippen LogP contribution >= 0.6 is 23.8 Å². The summed E-state index contributed by atoms with van der Waals surface area (Å²) in [5.74, 6) is -0.392. The molecular weight excluding hydrogens is 409 g/mol. The number of nitrogens with one attached hydrogen (secondary N) is 2. The third-order valence-corrected chi connectivity index (χ3v) is 4.56. The van der Waals surface area contributed by atoms with E-state index in [9.17, 15) is 18.0 Å². The second-order valence-electron chi connectivity index (χ2n) is 6.01. The van der Waals surface area contributed by atoms with E-state index in [4.69, 9.17) is 23.8 Å². The van der Waals surface area contributed by atoms with Crippen molar-refractivity contribution in [2.24, 2.45) is 0 Å². The summed E-state index contributed by atoms with van der Waals surface area (Å²) in [6.45, 7) is 0. The van der Waals surface area contributed by atoms with E-state index < -0.39 is 17.6 Å². The summed E-state index contributed by atoms with van der Waals surface area (Å²) in [5.41, 5.74) is -0.0910. The third kappa shape index (κ3) is 4.79. The summed E-state index contributed by atoms with van der Waals surface area (Å²) >= 11 is 11.0. The summed E-state index contributed by atoms with van der Waals surface area (Å²) in [6, 6.07) is 16.1. The Bertz CT molecular complexity index is 1050. The van der Waals surface area contributed by atoms with Crippen LogP contribution in [0.2, 0.25) is 5.02 Å². The molecule has 3 rings (SSSR count). The van der Waals surface area contributed by atoms with Crippen molar-refractivity contribution in [2.75, 3.05) is 5.32 Å². The zero-order chi connectivity index (χ0) is 20.3. The fraction of sp³-hybridized carbons (Fsp3) is 0.100. The van der Waals surface area contributed by atoms with Gasteiger partial charge in [-0.1, -0.05) is 54.1 Å². The van der Waals surface area contributed by atoms with E-state index >= 15 is 0 Å². The molecule has 0 saturated carbocycles. The number of hydrogen-bond acceptors (Lipinski definition) is 2. The first-order valence-corrected chi connectivity index (χ1v) is 8.97. The number of alkyl halides is 3. The van der Waals surface area contributed by atoms with Crippen molar-refractivity contribution >= 4 is 51.3 Å². The standard InChI is InChI=1S/C20H14ClF3N2OS/c21-16-9-8-14(20(22,23)24)11-17(16)25-19(28)26-18(27)10-13-6-3-5-12-4-1-2-7-15(12)13/h1-9,11H,10H2,(H2,25,26,27,28). The minimum atomic E-state index is -4.51. The normalized spacial score (nSPS) is 11.3. The van der Waals surface area contributed by atoms with Gasteiger partial charge in [-0.3, -0.25) is 4.79 Å². The van der Waals surface area contributed by atoms with Crippen molar-refractivity contribution in [3.05, 3.63) is 76.8 Å². The van der Waals surface area contributed by atoms with Crippen molar-refractivity contribution in [1.82, 2.24) is 5.32 Å². The van der Waals surface area contributed by atoms with Gasteiger partial charge in [0.05, 0.1) is 22.7 Å². The molecule has 28 heavy (non-hydrogen) atoms. The highest BCUT2D eigenvalue weighted by molar-refractivity contribution is 7.80. The van der Waals surface area contributed by atoms with E-state index in [0.717, 1.165) is 34.5 Å². The van der Waals surface area contributed by atoms with E-state index in [2.05, 4.69) is 10.6 Å². The lowest BCUT2D eigenvalue weighted by atomic mass is 10.0. The average molecular weight is 423 g/mol. The number of rotatable bonds is 3. The lowest BCUT2D eigenvalue weighted by Crippen LogP contribution is -2.35. The molecule has 0 fully saturated rings. The molecule has 3 aromatic rings. The molecule has 144 valence electrons. The van der Waals surface area contributed by atoms with Gasteiger partial charge in [0.25, 0.3) is 0 Å². The van der Waals surface area contributed by atoms with Crippen LogP contribution in [-0.2, 0) is 17.4 Å². The van der Waals surface area contributed by atoms with Crippen molar-refractivity contribution < 1.29 is 18.0 Å². The Hall–Kier alpha value is -2.64. The highest BCUT2D eigenvalue weighted by Gasteiger charge is 2.31. The monoisotopic (exact) mass is 422 g/mol. The Balaban J connectivity index is 1.69. The Labute approximate surface area is 169 Å². The van der Waals surface area contributed by atoms with Gasteiger partial charge in [0, 0.05) is 0 Å². The lowest BCUT2D eigenvalue weighted by molar-refractivity contribution is -0.137. The molecule has 0 unspecified atom stereocenters. The van der Waals surface area contributed by atoms with Crippen molar-refractivity contribution in [1.29, 1.82) is 0 Å². The van der Waals surface area contributed by atoms with E-state index in [1.54, 1.807) is 0 Å². The quantitative estimate of drug-likeness (QED) is 0.542. The second-order valence-corrected chi connectivity index (χ2v) is 6.83. The van der Waals surface area contributed by atoms with Crippen molar-refractivity contribution in [2.45, 2.75) is 12.6 Å². The number of anilines is 1. The molecule has 2 N–H and O–H groups in total. The second kappa shape index (κ2) is 8.16. The number of amides is 1. The Morgan fingerprint density at radius 3 is 2.50 bits per heavy atom. The predicted octanol–water partition coefficient (Wildman–Crippen LogP) is 5.57. The Morgan fingerprint density at radius 2 is 1.75 bits per heavy atom. The molecule has 0 radical (unpaired) electrons. The van der Waals surface area contributed by atoms with Crippen LogP contribution in [-0.4, -0.2) is 11.0 Å². The maximum absolute atomic E-state index is 12.8. The molecule has 8 heteroatoms. The predicted molar refractivity (Wildman–Crippen MR) is 108 cm³/mol. The highest BCUT2D eigenvalue weighted by Crippen LogP contribution is 2.33. The van der Waals surface area contributed by atoms with Gasteiger partial charge in [-0.15, -0.1) is 0 Å². The van der Waals surface area contributed by atoms with Crippen LogP contribution in [0.3, 0.4) is 0 Å². The molecular formula is C20H14ClF3N2OS. The maximum Gasteiger partial charge on any atom is 0.416 e. The van der Waals surface area contributed by atoms with Crippen LogP contribution in [0.4, 0.5) is 18.9 Å². The average Bonchev–Trinajstić information content (AvgIpc) is 2.63. The Kier molecular flexibility index (Phi) is 5.86. The van der Waals surface area contributed by atoms with Crippen LogP contribution < -0.4 is 10.6 Å². The van der Waals surface area contributed by atoms with Gasteiger partial charge >= 0.3 is 6.18 Å². The van der Waals surface area contributed by atoms with Gasteiger partial charge in [-0.2, -0.15) is 13.2 Å². The number of benzene rings is 3. The van der Waals surface area contributed by atoms with Crippen molar-refractivity contribution in [3.63, 3.8) is 0 Å². The number of carbonyl (C=O) groups is 1. The first-order valence-electron chi connectivity index (χ1n) is 8.18. The molecule has 0 bridgehead atoms. The van der Waals surface area contributed by atoms with Crippen molar-refractivity contribution in [3.8, 4) is 0 Å². The molecule has 1 amide bonds. The van der Waals surface area contributed by atoms with Gasteiger partial charge < -0.3 is 10.6 Å². The van der Waals surface area contributed by atoms with Gasteiger partial charge in [-0.25, -0.2) is 0 Å². The number of hydrogen-bond donors (Lipinski definition) is 2. The lowest BCUT2D eigenvalue weighted by Gasteiger charge is -2.14. The van der Waals surface area contributed by atoms with Crippen LogP contribution in [0.15, 0.2) is 60.7 Å². The maximum atomic E-state index is 12.8. The van der Waals surface area contributed by atoms with Crippen LogP contribution in [0.1, 0.15) is 11.1 Å². The van der Waals surface area contributed by atoms with Crippen LogP contribution in [0, 0.1) is 0 Å². The summed E-state index contributed by atoms with van der Waals surface area (Å²) in [6.07, 6.45) is -4.44. The first-order chi connectivity index (χ1) is 13.2. The fourth-order valence-corrected chi connectivity index (χ4v) is 3.13. The number of halogens is 4. The molecule has 0 heterocycles. The zero-order valence-electron chi connectivity index (χ0n) is 14.3. The number of carbonyl (C=O) groups excluding carboxylic acids is 1. The molecule has 0 saturated heterocycles. The third-order valence-electron chi connectivity index (χ3n) is 4.03. The van der Waals surface area contributed by atoms with Gasteiger partial charge in [-0.05, 0) is 46.8 Å². The number of thiocarbonyl (C=S) groups is 1. The SMILES string of the molecule is O=C(Cc1cccc2ccccc12)NC(=S)Nc1cc(C(F)(F)F)ccc1Cl. The van der Waals surface area contributed by atoms with Gasteiger partial charge in [0.15, 0.2) is 5.11 Å². The van der Waals surface area contributed by atoms with E-state index in [1.165, 1.54) is 0 Å². The minimum absolute atomic E-state index is 0.0352. The number of fused-ring (bicyclic) bond motifs is 1. The summed E-state index contributed by atoms with van der Waals surface area (Å²) in [4.78, 5) is 12.3. The molecule has 0 aromatic heterocycles. The zero-order valence-corrected chi connectivity index (χ0v) is 15.9. The van der Waals surface area contributed by atoms with E-state index in [-0.39, 0.29) is 22.2 Å². The molecule has 0 spiro atoms. The summed E-state index contributed by atoms with van der Waals surface area (Å²) < 4.78 is 38.5. The van der Waals surface area contributed by atoms with Crippen LogP contribution in [0.5, 0.6) is 0 Å². The van der Waals surface area contributed by atoms with Gasteiger partial charge in [0.1, 0.15) is 0 Å². The summed E-state index contributed by atoms with van der Waals surface area (Å²) in [5, 5.41) is 6.88. The van der Waals surface area contributed by atoms with Gasteiger partial charge in [0.2, 0.25) is 5.91 Å². The van der Waals surface area contributed by atoms with E-state index in [1.807, 2.05) is 42.5 Å². The first kappa shape index (κ1) is 20.1. The minimum Gasteiger partial charge on any atom is -0.331 e. The molecule has 3 nitrogen and oxygen atoms in total. The molecule has 0 aliphatic heterocycles. The Morgan fingerprint density at radius 1 is 1.04 bits per heavy atom. The molecule has 3 aromatic carbocycles. The highest BCUT2D eigenvalue weighted by atomic mass is 35.5. The molecule has 0 aliphatic carbocycles. The molecule has 0 aliphatic rings. The largest absolute Gasteiger partial charge is 0.416 e. The molecule has 0 atom stereocenters. The smallest absolute Gasteiger partial charge is 0.331 e. The van der Waals surface area contributed by atoms with Crippen LogP contribution in [0.25, 0.3) is 10.8 Å². The van der Waals surface area contributed by atoms with E-state index in [0.29, 0.717) is 0 Å². The fourth-order valence-electron chi connectivity index (χ4n) is 2.74. The topological polar surface area (TPSA) is 41.1 Å².